The van der Waals surface area contributed by atoms with Crippen LogP contribution < -0.4 is 5.32 Å². The van der Waals surface area contributed by atoms with Gasteiger partial charge in [-0.1, -0.05) is 0 Å². The molecule has 0 radical (unpaired) electrons. The molecule has 6 nitrogen and oxygen atoms in total. The topological polar surface area (TPSA) is 89.9 Å². The van der Waals surface area contributed by atoms with Gasteiger partial charge in [0.2, 0.25) is 11.8 Å². The zero-order valence-electron chi connectivity index (χ0n) is 9.47. The summed E-state index contributed by atoms with van der Waals surface area (Å²) in [5.74, 6) is -5.45. The van der Waals surface area contributed by atoms with Gasteiger partial charge in [0, 0.05) is 12.8 Å². The summed E-state index contributed by atoms with van der Waals surface area (Å²) in [6, 6.07) is -0.840. The average molecular weight is 262 g/mol. The Morgan fingerprint density at radius 2 is 2.17 bits per heavy atom. The third-order valence-corrected chi connectivity index (χ3v) is 3.23. The van der Waals surface area contributed by atoms with Crippen LogP contribution in [-0.2, 0) is 9.59 Å². The van der Waals surface area contributed by atoms with E-state index in [2.05, 4.69) is 5.32 Å². The fraction of sp³-hybridized carbons (Fsp3) is 0.778. The minimum absolute atomic E-state index is 0.174. The molecule has 100 valence electrons. The van der Waals surface area contributed by atoms with Crippen molar-refractivity contribution in [2.75, 3.05) is 6.54 Å². The molecule has 2 aliphatic heterocycles. The number of carbonyl (C=O) groups excluding carboxylic acids is 2. The van der Waals surface area contributed by atoms with E-state index in [0.29, 0.717) is 0 Å². The van der Waals surface area contributed by atoms with Crippen LogP contribution in [0.3, 0.4) is 0 Å². The highest BCUT2D eigenvalue weighted by atomic mass is 19.3. The van der Waals surface area contributed by atoms with E-state index in [9.17, 15) is 18.4 Å². The SMILES string of the molecule is O=C1CCC(C(=O)N2CC(F)(F)CC2B(O)O)N1. The predicted octanol–water partition coefficient (Wildman–Crippen LogP) is -1.49. The van der Waals surface area contributed by atoms with Gasteiger partial charge in [0.05, 0.1) is 12.5 Å². The summed E-state index contributed by atoms with van der Waals surface area (Å²) in [6.45, 7) is -0.847. The number of hydrogen-bond acceptors (Lipinski definition) is 4. The van der Waals surface area contributed by atoms with Crippen LogP contribution in [0.4, 0.5) is 8.78 Å². The zero-order chi connectivity index (χ0) is 13.5. The summed E-state index contributed by atoms with van der Waals surface area (Å²) in [5.41, 5.74) is 0. The standard InChI is InChI=1S/C9H13BF2N2O4/c11-9(12)3-6(10(17)18)14(4-9)8(16)5-1-2-7(15)13-5/h5-6,17-18H,1-4H2,(H,13,15). The summed E-state index contributed by atoms with van der Waals surface area (Å²) >= 11 is 0. The van der Waals surface area contributed by atoms with Gasteiger partial charge in [-0.3, -0.25) is 9.59 Å². The Labute approximate surface area is 102 Å². The molecule has 9 heteroatoms. The number of likely N-dealkylation sites (tertiary alicyclic amines) is 1. The normalized spacial score (nSPS) is 30.4. The Bertz CT molecular complexity index is 380. The highest BCUT2D eigenvalue weighted by molar-refractivity contribution is 6.43. The van der Waals surface area contributed by atoms with Gasteiger partial charge in [-0.25, -0.2) is 8.78 Å². The first-order chi connectivity index (χ1) is 8.30. The molecule has 2 aliphatic rings. The number of alkyl halides is 2. The second-order valence-corrected chi connectivity index (χ2v) is 4.67. The summed E-state index contributed by atoms with van der Waals surface area (Å²) < 4.78 is 26.5. The Morgan fingerprint density at radius 3 is 2.67 bits per heavy atom. The first-order valence-electron chi connectivity index (χ1n) is 5.64. The van der Waals surface area contributed by atoms with Crippen molar-refractivity contribution >= 4 is 18.9 Å². The molecule has 0 saturated carbocycles. The number of halogens is 2. The molecule has 2 heterocycles. The van der Waals surface area contributed by atoms with E-state index in [1.165, 1.54) is 0 Å². The Balaban J connectivity index is 2.10. The van der Waals surface area contributed by atoms with E-state index in [1.807, 2.05) is 0 Å². The van der Waals surface area contributed by atoms with Crippen LogP contribution in [0.15, 0.2) is 0 Å². The summed E-state index contributed by atoms with van der Waals surface area (Å²) in [6.07, 6.45) is -0.363. The Kier molecular flexibility index (Phi) is 3.28. The summed E-state index contributed by atoms with van der Waals surface area (Å²) in [7, 11) is -2.01. The van der Waals surface area contributed by atoms with Gasteiger partial charge in [-0.2, -0.15) is 0 Å². The fourth-order valence-electron chi connectivity index (χ4n) is 2.35. The van der Waals surface area contributed by atoms with Crippen LogP contribution in [0, 0.1) is 0 Å². The van der Waals surface area contributed by atoms with E-state index in [0.717, 1.165) is 4.90 Å². The molecule has 18 heavy (non-hydrogen) atoms. The second kappa shape index (κ2) is 4.47. The monoisotopic (exact) mass is 262 g/mol. The zero-order valence-corrected chi connectivity index (χ0v) is 9.47. The number of carbonyl (C=O) groups is 2. The smallest absolute Gasteiger partial charge is 0.426 e. The lowest BCUT2D eigenvalue weighted by Crippen LogP contribution is -2.51. The number of hydrogen-bond donors (Lipinski definition) is 3. The summed E-state index contributed by atoms with van der Waals surface area (Å²) in [5, 5.41) is 20.5. The Morgan fingerprint density at radius 1 is 1.50 bits per heavy atom. The maximum Gasteiger partial charge on any atom is 0.475 e. The lowest BCUT2D eigenvalue weighted by Gasteiger charge is -2.25. The third kappa shape index (κ3) is 2.46. The molecule has 3 N–H and O–H groups in total. The number of rotatable bonds is 2. The molecule has 0 aromatic carbocycles. The van der Waals surface area contributed by atoms with Crippen molar-refractivity contribution in [2.24, 2.45) is 0 Å². The molecule has 0 aromatic heterocycles. The van der Waals surface area contributed by atoms with Gasteiger partial charge in [0.15, 0.2) is 0 Å². The van der Waals surface area contributed by atoms with Crippen LogP contribution >= 0.6 is 0 Å². The van der Waals surface area contributed by atoms with Crippen molar-refractivity contribution in [1.29, 1.82) is 0 Å². The lowest BCUT2D eigenvalue weighted by molar-refractivity contribution is -0.135. The van der Waals surface area contributed by atoms with Crippen LogP contribution in [0.5, 0.6) is 0 Å². The average Bonchev–Trinajstić information content (AvgIpc) is 2.81. The van der Waals surface area contributed by atoms with Crippen molar-refractivity contribution in [1.82, 2.24) is 10.2 Å². The number of amides is 2. The lowest BCUT2D eigenvalue weighted by atomic mass is 9.77. The summed E-state index contributed by atoms with van der Waals surface area (Å²) in [4.78, 5) is 23.7. The first-order valence-corrected chi connectivity index (χ1v) is 5.64. The van der Waals surface area contributed by atoms with Crippen molar-refractivity contribution < 1.29 is 28.4 Å². The maximum absolute atomic E-state index is 13.2. The molecule has 2 saturated heterocycles. The molecule has 0 aromatic rings. The van der Waals surface area contributed by atoms with Crippen molar-refractivity contribution in [3.8, 4) is 0 Å². The molecule has 0 bridgehead atoms. The molecule has 2 unspecified atom stereocenters. The van der Waals surface area contributed by atoms with Crippen molar-refractivity contribution in [2.45, 2.75) is 37.2 Å². The van der Waals surface area contributed by atoms with Gasteiger partial charge in [0.25, 0.3) is 5.92 Å². The maximum atomic E-state index is 13.2. The highest BCUT2D eigenvalue weighted by Crippen LogP contribution is 2.33. The number of nitrogens with one attached hydrogen (secondary N) is 1. The van der Waals surface area contributed by atoms with Crippen LogP contribution in [-0.4, -0.2) is 58.3 Å². The van der Waals surface area contributed by atoms with Crippen molar-refractivity contribution in [3.05, 3.63) is 0 Å². The van der Waals surface area contributed by atoms with E-state index >= 15 is 0 Å². The third-order valence-electron chi connectivity index (χ3n) is 3.23. The molecular formula is C9H13BF2N2O4. The van der Waals surface area contributed by atoms with Crippen LogP contribution in [0.25, 0.3) is 0 Å². The molecule has 0 spiro atoms. The van der Waals surface area contributed by atoms with Crippen LogP contribution in [0.1, 0.15) is 19.3 Å². The largest absolute Gasteiger partial charge is 0.475 e. The second-order valence-electron chi connectivity index (χ2n) is 4.67. The minimum Gasteiger partial charge on any atom is -0.426 e. The van der Waals surface area contributed by atoms with Gasteiger partial charge >= 0.3 is 7.12 Å². The van der Waals surface area contributed by atoms with Gasteiger partial charge in [-0.05, 0) is 6.42 Å². The molecule has 0 aliphatic carbocycles. The van der Waals surface area contributed by atoms with Gasteiger partial charge in [-0.15, -0.1) is 0 Å². The minimum atomic E-state index is -3.13. The molecule has 2 amide bonds. The Hall–Kier alpha value is -1.22. The van der Waals surface area contributed by atoms with Gasteiger partial charge in [0.1, 0.15) is 6.04 Å². The molecule has 2 atom stereocenters. The van der Waals surface area contributed by atoms with E-state index in [-0.39, 0.29) is 18.7 Å². The van der Waals surface area contributed by atoms with Gasteiger partial charge < -0.3 is 20.3 Å². The molecular weight excluding hydrogens is 249 g/mol. The van der Waals surface area contributed by atoms with E-state index < -0.39 is 43.9 Å². The van der Waals surface area contributed by atoms with E-state index in [1.54, 1.807) is 0 Å². The quantitative estimate of drug-likeness (QED) is 0.529. The molecule has 2 fully saturated rings. The van der Waals surface area contributed by atoms with Crippen LogP contribution in [0.2, 0.25) is 0 Å². The first kappa shape index (κ1) is 13.2. The van der Waals surface area contributed by atoms with Crippen molar-refractivity contribution in [3.63, 3.8) is 0 Å². The molecule has 2 rings (SSSR count). The highest BCUT2D eigenvalue weighted by Gasteiger charge is 2.52. The fourth-order valence-corrected chi connectivity index (χ4v) is 2.35. The predicted molar refractivity (Wildman–Crippen MR) is 56.4 cm³/mol. The van der Waals surface area contributed by atoms with E-state index in [4.69, 9.17) is 10.0 Å². The number of nitrogens with zero attached hydrogens (tertiary/aromatic N) is 1.